The van der Waals surface area contributed by atoms with Crippen LogP contribution in [0.3, 0.4) is 0 Å². The Labute approximate surface area is 175 Å². The molecule has 2 aromatic rings. The Morgan fingerprint density at radius 2 is 1.80 bits per heavy atom. The van der Waals surface area contributed by atoms with Gasteiger partial charge in [-0.25, -0.2) is 16.8 Å². The summed E-state index contributed by atoms with van der Waals surface area (Å²) in [6.45, 7) is 2.37. The Kier molecular flexibility index (Phi) is 6.11. The van der Waals surface area contributed by atoms with E-state index in [-0.39, 0.29) is 33.5 Å². The normalized spacial score (nSPS) is 15.2. The molecule has 1 aliphatic heterocycles. The first-order chi connectivity index (χ1) is 14.0. The molecule has 2 N–H and O–H groups in total. The molecule has 30 heavy (non-hydrogen) atoms. The van der Waals surface area contributed by atoms with E-state index in [0.717, 1.165) is 19.1 Å². The summed E-state index contributed by atoms with van der Waals surface area (Å²) >= 11 is 0. The molecular weight excluding hydrogens is 434 g/mol. The number of carbonyl (C=O) groups excluding carboxylic acids is 1. The number of rotatable bonds is 7. The summed E-state index contributed by atoms with van der Waals surface area (Å²) in [5, 5.41) is 2.57. The quantitative estimate of drug-likeness (QED) is 0.649. The smallest absolute Gasteiger partial charge is 0.291 e. The summed E-state index contributed by atoms with van der Waals surface area (Å²) in [4.78, 5) is 12.6. The number of benzene rings is 1. The maximum atomic E-state index is 12.8. The fraction of sp³-hybridized carbons (Fsp3) is 0.389. The number of hydrogen-bond donors (Lipinski definition) is 2. The predicted molar refractivity (Wildman–Crippen MR) is 111 cm³/mol. The zero-order valence-corrected chi connectivity index (χ0v) is 18.4. The molecule has 10 nitrogen and oxygen atoms in total. The highest BCUT2D eigenvalue weighted by Gasteiger charge is 2.31. The van der Waals surface area contributed by atoms with E-state index in [2.05, 4.69) is 10.0 Å². The van der Waals surface area contributed by atoms with E-state index < -0.39 is 26.0 Å². The van der Waals surface area contributed by atoms with Crippen molar-refractivity contribution in [1.29, 1.82) is 0 Å². The molecular formula is C18H23N3O7S2. The second kappa shape index (κ2) is 8.28. The van der Waals surface area contributed by atoms with Gasteiger partial charge in [-0.1, -0.05) is 0 Å². The van der Waals surface area contributed by atoms with Gasteiger partial charge in [0.15, 0.2) is 5.76 Å². The summed E-state index contributed by atoms with van der Waals surface area (Å²) in [5.41, 5.74) is 0.413. The molecule has 2 heterocycles. The third kappa shape index (κ3) is 4.77. The van der Waals surface area contributed by atoms with E-state index in [1.807, 2.05) is 0 Å². The number of amides is 1. The van der Waals surface area contributed by atoms with E-state index in [9.17, 15) is 21.6 Å². The Balaban J connectivity index is 1.84. The van der Waals surface area contributed by atoms with Crippen molar-refractivity contribution >= 4 is 37.3 Å². The van der Waals surface area contributed by atoms with E-state index in [0.29, 0.717) is 13.1 Å². The second-order valence-corrected chi connectivity index (χ2v) is 10.5. The molecule has 1 aromatic carbocycles. The number of anilines is 2. The number of hydrogen-bond acceptors (Lipinski definition) is 7. The number of aryl methyl sites for hydroxylation is 1. The van der Waals surface area contributed by atoms with Gasteiger partial charge in [-0.2, -0.15) is 4.31 Å². The average Bonchev–Trinajstić information content (AvgIpc) is 3.31. The molecule has 0 unspecified atom stereocenters. The summed E-state index contributed by atoms with van der Waals surface area (Å²) in [6, 6.07) is 5.59. The first kappa shape index (κ1) is 22.1. The van der Waals surface area contributed by atoms with Crippen LogP contribution in [0.25, 0.3) is 0 Å². The molecule has 1 fully saturated rings. The number of methoxy groups -OCH3 is 1. The molecule has 1 amide bonds. The van der Waals surface area contributed by atoms with Crippen LogP contribution in [0.15, 0.2) is 33.6 Å². The van der Waals surface area contributed by atoms with Crippen LogP contribution >= 0.6 is 0 Å². The number of furan rings is 1. The van der Waals surface area contributed by atoms with Gasteiger partial charge in [-0.05, 0) is 38.0 Å². The summed E-state index contributed by atoms with van der Waals surface area (Å²) < 4.78 is 62.8. The van der Waals surface area contributed by atoms with Gasteiger partial charge in [0.1, 0.15) is 16.4 Å². The highest BCUT2D eigenvalue weighted by atomic mass is 32.2. The first-order valence-electron chi connectivity index (χ1n) is 9.09. The van der Waals surface area contributed by atoms with Crippen molar-refractivity contribution in [3.63, 3.8) is 0 Å². The fourth-order valence-electron chi connectivity index (χ4n) is 3.16. The second-order valence-electron chi connectivity index (χ2n) is 6.89. The summed E-state index contributed by atoms with van der Waals surface area (Å²) in [7, 11) is -5.91. The number of nitrogens with zero attached hydrogens (tertiary/aromatic N) is 1. The molecule has 0 bridgehead atoms. The van der Waals surface area contributed by atoms with Crippen LogP contribution in [0.5, 0.6) is 5.75 Å². The molecule has 1 aromatic heterocycles. The van der Waals surface area contributed by atoms with E-state index in [1.165, 1.54) is 42.6 Å². The lowest BCUT2D eigenvalue weighted by Crippen LogP contribution is -2.28. The van der Waals surface area contributed by atoms with Crippen molar-refractivity contribution in [3.8, 4) is 5.75 Å². The van der Waals surface area contributed by atoms with Crippen LogP contribution in [-0.4, -0.2) is 53.5 Å². The lowest BCUT2D eigenvalue weighted by Gasteiger charge is -2.14. The predicted octanol–water partition coefficient (Wildman–Crippen LogP) is 2.00. The van der Waals surface area contributed by atoms with Crippen molar-refractivity contribution in [1.82, 2.24) is 4.31 Å². The van der Waals surface area contributed by atoms with E-state index in [4.69, 9.17) is 9.15 Å². The summed E-state index contributed by atoms with van der Waals surface area (Å²) in [6.07, 6.45) is 2.58. The number of carbonyl (C=O) groups is 1. The molecule has 0 saturated carbocycles. The van der Waals surface area contributed by atoms with Gasteiger partial charge in [0.2, 0.25) is 20.0 Å². The molecule has 0 atom stereocenters. The Morgan fingerprint density at radius 3 is 2.40 bits per heavy atom. The Hall–Kier alpha value is -2.57. The maximum Gasteiger partial charge on any atom is 0.291 e. The van der Waals surface area contributed by atoms with Crippen LogP contribution in [0.4, 0.5) is 11.4 Å². The molecule has 12 heteroatoms. The fourth-order valence-corrected chi connectivity index (χ4v) is 5.40. The molecule has 0 spiro atoms. The zero-order valence-electron chi connectivity index (χ0n) is 16.8. The zero-order chi connectivity index (χ0) is 22.1. The van der Waals surface area contributed by atoms with Crippen LogP contribution < -0.4 is 14.8 Å². The van der Waals surface area contributed by atoms with Crippen LogP contribution in [-0.2, 0) is 20.0 Å². The number of ether oxygens (including phenoxy) is 1. The van der Waals surface area contributed by atoms with Gasteiger partial charge < -0.3 is 14.5 Å². The van der Waals surface area contributed by atoms with Crippen LogP contribution in [0.1, 0.15) is 29.2 Å². The van der Waals surface area contributed by atoms with Gasteiger partial charge in [0.25, 0.3) is 5.91 Å². The van der Waals surface area contributed by atoms with Gasteiger partial charge in [-0.15, -0.1) is 0 Å². The summed E-state index contributed by atoms with van der Waals surface area (Å²) in [5.74, 6) is -0.442. The highest BCUT2D eigenvalue weighted by Crippen LogP contribution is 2.30. The minimum atomic E-state index is -3.72. The topological polar surface area (TPSA) is 135 Å². The highest BCUT2D eigenvalue weighted by molar-refractivity contribution is 7.92. The third-order valence-electron chi connectivity index (χ3n) is 4.53. The molecule has 164 valence electrons. The van der Waals surface area contributed by atoms with E-state index in [1.54, 1.807) is 0 Å². The number of nitrogens with one attached hydrogen (secondary N) is 2. The van der Waals surface area contributed by atoms with Crippen molar-refractivity contribution in [2.24, 2.45) is 0 Å². The van der Waals surface area contributed by atoms with Crippen LogP contribution in [0, 0.1) is 6.92 Å². The van der Waals surface area contributed by atoms with Gasteiger partial charge in [-0.3, -0.25) is 9.52 Å². The lowest BCUT2D eigenvalue weighted by molar-refractivity contribution is 0.0995. The van der Waals surface area contributed by atoms with Crippen LogP contribution in [0.2, 0.25) is 0 Å². The monoisotopic (exact) mass is 457 g/mol. The Morgan fingerprint density at radius 1 is 1.13 bits per heavy atom. The van der Waals surface area contributed by atoms with Gasteiger partial charge in [0, 0.05) is 24.8 Å². The minimum Gasteiger partial charge on any atom is -0.495 e. The molecule has 0 radical (unpaired) electrons. The molecule has 1 saturated heterocycles. The van der Waals surface area contributed by atoms with Gasteiger partial charge in [0.05, 0.1) is 19.1 Å². The first-order valence-corrected chi connectivity index (χ1v) is 12.4. The maximum absolute atomic E-state index is 12.8. The largest absolute Gasteiger partial charge is 0.495 e. The molecule has 1 aliphatic rings. The van der Waals surface area contributed by atoms with E-state index >= 15 is 0 Å². The lowest BCUT2D eigenvalue weighted by atomic mass is 10.2. The molecule has 0 aliphatic carbocycles. The minimum absolute atomic E-state index is 0.0382. The average molecular weight is 458 g/mol. The van der Waals surface area contributed by atoms with Gasteiger partial charge >= 0.3 is 0 Å². The Bertz CT molecular complexity index is 1160. The number of sulfonamides is 2. The standard InChI is InChI=1S/C18H23N3O7S2/c1-12-17(30(25,26)21-8-4-5-9-21)11-16(28-12)18(22)19-13-6-7-15(27-2)14(10-13)20-29(3,23)24/h6-7,10-11,20H,4-5,8-9H2,1-3H3,(H,19,22). The SMILES string of the molecule is COc1ccc(NC(=O)c2cc(S(=O)(=O)N3CCCC3)c(C)o2)cc1NS(C)(=O)=O. The van der Waals surface area contributed by atoms with Crippen molar-refractivity contribution in [3.05, 3.63) is 35.8 Å². The third-order valence-corrected chi connectivity index (χ3v) is 7.13. The molecule has 3 rings (SSSR count). The van der Waals surface area contributed by atoms with Crippen molar-refractivity contribution in [2.45, 2.75) is 24.7 Å². The van der Waals surface area contributed by atoms with Crippen molar-refractivity contribution < 1.29 is 30.8 Å². The van der Waals surface area contributed by atoms with Crippen molar-refractivity contribution in [2.75, 3.05) is 36.5 Å².